The summed E-state index contributed by atoms with van der Waals surface area (Å²) in [6.45, 7) is 1.42. The Hall–Kier alpha value is -3.64. The molecule has 3 aromatic carbocycles. The predicted octanol–water partition coefficient (Wildman–Crippen LogP) is 4.86. The van der Waals surface area contributed by atoms with Gasteiger partial charge in [-0.05, 0) is 35.4 Å². The molecule has 4 rings (SSSR count). The van der Waals surface area contributed by atoms with E-state index in [1.807, 2.05) is 60.7 Å². The molecular weight excluding hydrogens is 408 g/mol. The number of imide groups is 1. The van der Waals surface area contributed by atoms with Crippen LogP contribution in [0.2, 0.25) is 0 Å². The molecule has 3 amide bonds. The predicted molar refractivity (Wildman–Crippen MR) is 124 cm³/mol. The average molecular weight is 429 g/mol. The molecule has 154 valence electrons. The summed E-state index contributed by atoms with van der Waals surface area (Å²) in [6, 6.07) is 25.8. The number of hydrogen-bond acceptors (Lipinski definition) is 4. The van der Waals surface area contributed by atoms with Gasteiger partial charge in [-0.15, -0.1) is 11.8 Å². The van der Waals surface area contributed by atoms with Crippen LogP contribution in [-0.4, -0.2) is 17.7 Å². The molecule has 1 heterocycles. The lowest BCUT2D eigenvalue weighted by Gasteiger charge is -2.16. The van der Waals surface area contributed by atoms with Gasteiger partial charge in [-0.25, -0.2) is 4.90 Å². The highest BCUT2D eigenvalue weighted by Gasteiger charge is 2.40. The third-order valence-electron chi connectivity index (χ3n) is 4.78. The number of carbonyl (C=O) groups excluding carboxylic acids is 3. The number of carbonyl (C=O) groups is 3. The third-order valence-corrected chi connectivity index (χ3v) is 5.92. The van der Waals surface area contributed by atoms with Gasteiger partial charge in [0.2, 0.25) is 5.91 Å². The molecule has 0 atom stereocenters. The Morgan fingerprint density at radius 2 is 1.45 bits per heavy atom. The molecule has 0 fully saturated rings. The zero-order valence-electron chi connectivity index (χ0n) is 16.9. The van der Waals surface area contributed by atoms with Gasteiger partial charge in [-0.3, -0.25) is 14.4 Å². The van der Waals surface area contributed by atoms with Crippen molar-refractivity contribution in [3.63, 3.8) is 0 Å². The molecule has 0 spiro atoms. The van der Waals surface area contributed by atoms with Gasteiger partial charge < -0.3 is 5.32 Å². The van der Waals surface area contributed by atoms with E-state index in [2.05, 4.69) is 5.32 Å². The van der Waals surface area contributed by atoms with Crippen molar-refractivity contribution in [3.05, 3.63) is 101 Å². The van der Waals surface area contributed by atoms with Crippen molar-refractivity contribution in [3.8, 4) is 0 Å². The molecule has 3 aromatic rings. The van der Waals surface area contributed by atoms with Crippen molar-refractivity contribution >= 4 is 46.4 Å². The van der Waals surface area contributed by atoms with Crippen LogP contribution < -0.4 is 10.2 Å². The van der Waals surface area contributed by atoms with Crippen LogP contribution in [-0.2, 0) is 20.1 Å². The molecule has 0 bridgehead atoms. The van der Waals surface area contributed by atoms with Crippen molar-refractivity contribution < 1.29 is 14.4 Å². The molecule has 0 saturated carbocycles. The summed E-state index contributed by atoms with van der Waals surface area (Å²) in [7, 11) is 0. The molecule has 0 aromatic heterocycles. The second-order valence-corrected chi connectivity index (χ2v) is 8.00. The minimum atomic E-state index is -0.348. The van der Waals surface area contributed by atoms with Crippen molar-refractivity contribution in [1.82, 2.24) is 0 Å². The lowest BCUT2D eigenvalue weighted by molar-refractivity contribution is -0.120. The topological polar surface area (TPSA) is 66.5 Å². The first kappa shape index (κ1) is 20.6. The molecule has 0 saturated heterocycles. The number of nitrogens with one attached hydrogen (secondary N) is 1. The number of amides is 3. The molecule has 5 nitrogen and oxygen atoms in total. The molecule has 1 N–H and O–H groups in total. The fourth-order valence-corrected chi connectivity index (χ4v) is 4.43. The first-order valence-corrected chi connectivity index (χ1v) is 10.8. The van der Waals surface area contributed by atoms with E-state index in [4.69, 9.17) is 0 Å². The third kappa shape index (κ3) is 4.44. The van der Waals surface area contributed by atoms with E-state index in [9.17, 15) is 14.4 Å². The number of hydrogen-bond donors (Lipinski definition) is 1. The average Bonchev–Trinajstić information content (AvgIpc) is 3.03. The Bertz CT molecular complexity index is 1160. The molecule has 0 radical (unpaired) electrons. The summed E-state index contributed by atoms with van der Waals surface area (Å²) in [6.07, 6.45) is 0. The summed E-state index contributed by atoms with van der Waals surface area (Å²) in [5.41, 5.74) is 3.27. The Labute approximate surface area is 184 Å². The van der Waals surface area contributed by atoms with Crippen molar-refractivity contribution in [2.75, 3.05) is 10.2 Å². The first-order valence-electron chi connectivity index (χ1n) is 9.77. The summed E-state index contributed by atoms with van der Waals surface area (Å²) in [5, 5.41) is 2.69. The Kier molecular flexibility index (Phi) is 6.00. The van der Waals surface area contributed by atoms with Crippen LogP contribution in [0.1, 0.15) is 18.1 Å². The molecule has 1 aliphatic rings. The quantitative estimate of drug-likeness (QED) is 0.569. The van der Waals surface area contributed by atoms with E-state index in [1.54, 1.807) is 24.3 Å². The summed E-state index contributed by atoms with van der Waals surface area (Å²) >= 11 is 1.37. The minimum Gasteiger partial charge on any atom is -0.326 e. The highest BCUT2D eigenvalue weighted by molar-refractivity contribution is 8.03. The van der Waals surface area contributed by atoms with Gasteiger partial charge in [0, 0.05) is 18.4 Å². The maximum atomic E-state index is 13.4. The highest BCUT2D eigenvalue weighted by Crippen LogP contribution is 2.39. The van der Waals surface area contributed by atoms with Crippen molar-refractivity contribution in [2.24, 2.45) is 0 Å². The highest BCUT2D eigenvalue weighted by atomic mass is 32.2. The van der Waals surface area contributed by atoms with Crippen LogP contribution >= 0.6 is 11.8 Å². The van der Waals surface area contributed by atoms with Crippen LogP contribution in [0.15, 0.2) is 89.8 Å². The van der Waals surface area contributed by atoms with Gasteiger partial charge in [0.25, 0.3) is 11.8 Å². The van der Waals surface area contributed by atoms with Gasteiger partial charge in [-0.1, -0.05) is 60.7 Å². The summed E-state index contributed by atoms with van der Waals surface area (Å²) in [5.74, 6) is -0.286. The minimum absolute atomic E-state index is 0.186. The molecule has 0 aliphatic carbocycles. The maximum absolute atomic E-state index is 13.4. The van der Waals surface area contributed by atoms with Crippen LogP contribution in [0.4, 0.5) is 11.4 Å². The SMILES string of the molecule is CC(=O)Nc1ccc(N2C(=O)C(SCc3ccccc3)=C(c3ccccc3)C2=O)cc1. The first-order chi connectivity index (χ1) is 15.0. The van der Waals surface area contributed by atoms with E-state index < -0.39 is 0 Å². The van der Waals surface area contributed by atoms with Gasteiger partial charge in [-0.2, -0.15) is 0 Å². The lowest BCUT2D eigenvalue weighted by Crippen LogP contribution is -2.31. The molecule has 31 heavy (non-hydrogen) atoms. The number of anilines is 2. The van der Waals surface area contributed by atoms with E-state index in [0.717, 1.165) is 5.56 Å². The summed E-state index contributed by atoms with van der Waals surface area (Å²) < 4.78 is 0. The second kappa shape index (κ2) is 9.02. The monoisotopic (exact) mass is 428 g/mol. The number of thioether (sulfide) groups is 1. The molecule has 1 aliphatic heterocycles. The normalized spacial score (nSPS) is 13.6. The van der Waals surface area contributed by atoms with E-state index in [0.29, 0.717) is 33.2 Å². The smallest absolute Gasteiger partial charge is 0.272 e. The zero-order chi connectivity index (χ0) is 21.8. The van der Waals surface area contributed by atoms with Crippen LogP contribution in [0.25, 0.3) is 5.57 Å². The largest absolute Gasteiger partial charge is 0.326 e. The fraction of sp³-hybridized carbons (Fsp3) is 0.0800. The van der Waals surface area contributed by atoms with Gasteiger partial charge in [0.1, 0.15) is 0 Å². The van der Waals surface area contributed by atoms with E-state index in [1.165, 1.54) is 23.6 Å². The number of benzene rings is 3. The van der Waals surface area contributed by atoms with E-state index in [-0.39, 0.29) is 17.7 Å². The molecular formula is C25H20N2O3S. The Morgan fingerprint density at radius 3 is 2.06 bits per heavy atom. The van der Waals surface area contributed by atoms with Crippen LogP contribution in [0.5, 0.6) is 0 Å². The van der Waals surface area contributed by atoms with Crippen LogP contribution in [0, 0.1) is 0 Å². The Balaban J connectivity index is 1.67. The standard InChI is InChI=1S/C25H20N2O3S/c1-17(28)26-20-12-14-21(15-13-20)27-24(29)22(19-10-6-3-7-11-19)23(25(27)30)31-16-18-8-4-2-5-9-18/h2-15H,16H2,1H3,(H,26,28). The molecule has 6 heteroatoms. The fourth-order valence-electron chi connectivity index (χ4n) is 3.36. The summed E-state index contributed by atoms with van der Waals surface area (Å²) in [4.78, 5) is 39.6. The van der Waals surface area contributed by atoms with Crippen LogP contribution in [0.3, 0.4) is 0 Å². The maximum Gasteiger partial charge on any atom is 0.272 e. The number of nitrogens with zero attached hydrogens (tertiary/aromatic N) is 1. The van der Waals surface area contributed by atoms with Gasteiger partial charge in [0.05, 0.1) is 16.2 Å². The van der Waals surface area contributed by atoms with Crippen molar-refractivity contribution in [1.29, 1.82) is 0 Å². The van der Waals surface area contributed by atoms with E-state index >= 15 is 0 Å². The number of rotatable bonds is 6. The second-order valence-electron chi connectivity index (χ2n) is 7.02. The Morgan fingerprint density at radius 1 is 0.839 bits per heavy atom. The molecule has 0 unspecified atom stereocenters. The lowest BCUT2D eigenvalue weighted by atomic mass is 10.1. The van der Waals surface area contributed by atoms with Crippen molar-refractivity contribution in [2.45, 2.75) is 12.7 Å². The zero-order valence-corrected chi connectivity index (χ0v) is 17.7. The van der Waals surface area contributed by atoms with Gasteiger partial charge >= 0.3 is 0 Å². The van der Waals surface area contributed by atoms with Gasteiger partial charge in [0.15, 0.2) is 0 Å².